The molecule has 4 fully saturated rings. The Balaban J connectivity index is 0. The van der Waals surface area contributed by atoms with Crippen molar-refractivity contribution in [1.82, 2.24) is 0 Å². The van der Waals surface area contributed by atoms with Gasteiger partial charge in [-0.05, 0) is 200 Å². The summed E-state index contributed by atoms with van der Waals surface area (Å²) in [7, 11) is 2.29. The van der Waals surface area contributed by atoms with Crippen molar-refractivity contribution in [1.29, 1.82) is 0 Å². The van der Waals surface area contributed by atoms with Crippen LogP contribution in [0.25, 0.3) is 0 Å². The summed E-state index contributed by atoms with van der Waals surface area (Å²) in [6.45, 7) is 16.6. The Labute approximate surface area is 305 Å². The van der Waals surface area contributed by atoms with Crippen LogP contribution in [0, 0.1) is 178 Å². The summed E-state index contributed by atoms with van der Waals surface area (Å²) in [6.07, 6.45) is 33.0. The normalized spacial score (nSPS) is 18.5. The molecular formula is C38H42P2Zr2. The van der Waals surface area contributed by atoms with Crippen molar-refractivity contribution in [2.75, 3.05) is 0 Å². The zero-order valence-corrected chi connectivity index (χ0v) is 33.0. The SMILES string of the molecule is C[C]1[CH][CH][CH][CH]1.C[C]1[CH][CH][CH][CH]1.C[C]1[CH][CH][CH][CH]1.C[C]1[CH][CH][CH][CH]1.Cc1[c][c]pcc1C.Cc1[c][c]pcc1C.[Zr].[Zr]. The van der Waals surface area contributed by atoms with Gasteiger partial charge in [0, 0.05) is 64.0 Å². The summed E-state index contributed by atoms with van der Waals surface area (Å²) in [6, 6.07) is 6.04. The van der Waals surface area contributed by atoms with Crippen LogP contribution in [0.15, 0.2) is 11.6 Å². The van der Waals surface area contributed by atoms with Crippen LogP contribution in [-0.2, 0) is 52.4 Å². The van der Waals surface area contributed by atoms with Crippen LogP contribution in [0.4, 0.5) is 0 Å². The van der Waals surface area contributed by atoms with Gasteiger partial charge in [0.1, 0.15) is 0 Å². The van der Waals surface area contributed by atoms with Gasteiger partial charge in [0.25, 0.3) is 0 Å². The Kier molecular flexibility index (Phi) is 31.7. The summed E-state index contributed by atoms with van der Waals surface area (Å²) in [5.41, 5.74) is 5.07. The molecule has 2 aromatic rings. The average Bonchev–Trinajstić information content (AvgIpc) is 3.77. The molecule has 0 atom stereocenters. The zero-order chi connectivity index (χ0) is 29.6. The first kappa shape index (κ1) is 45.2. The van der Waals surface area contributed by atoms with Crippen LogP contribution in [0.1, 0.15) is 49.9 Å². The molecule has 2 aromatic heterocycles. The van der Waals surface area contributed by atoms with Gasteiger partial charge in [-0.1, -0.05) is 44.1 Å². The predicted octanol–water partition coefficient (Wildman–Crippen LogP) is 10.6. The molecule has 4 saturated carbocycles. The summed E-state index contributed by atoms with van der Waals surface area (Å²) in [5.74, 6) is 15.6. The van der Waals surface area contributed by atoms with E-state index in [1.807, 2.05) is 65.2 Å². The summed E-state index contributed by atoms with van der Waals surface area (Å²) >= 11 is 0. The molecule has 4 aliphatic rings. The molecule has 4 heteroatoms. The third kappa shape index (κ3) is 25.3. The van der Waals surface area contributed by atoms with E-state index in [9.17, 15) is 0 Å². The van der Waals surface area contributed by atoms with E-state index >= 15 is 0 Å². The summed E-state index contributed by atoms with van der Waals surface area (Å²) in [5, 5.41) is 0. The van der Waals surface area contributed by atoms with Gasteiger partial charge < -0.3 is 0 Å². The smallest absolute Gasteiger partial charge is 0.0224 e. The van der Waals surface area contributed by atoms with E-state index in [-0.39, 0.29) is 52.4 Å². The van der Waals surface area contributed by atoms with E-state index in [0.717, 1.165) is 16.4 Å². The van der Waals surface area contributed by atoms with Gasteiger partial charge in [-0.3, -0.25) is 0 Å². The molecule has 0 N–H and O–H groups in total. The Bertz CT molecular complexity index is 706. The Morgan fingerprint density at radius 2 is 0.595 bits per heavy atom. The van der Waals surface area contributed by atoms with Crippen molar-refractivity contribution in [3.05, 3.63) is 184 Å². The molecule has 0 aliphatic heterocycles. The second-order valence-electron chi connectivity index (χ2n) is 9.46. The van der Waals surface area contributed by atoms with Gasteiger partial charge in [0.05, 0.1) is 0 Å². The van der Waals surface area contributed by atoms with Crippen LogP contribution in [0.2, 0.25) is 0 Å². The molecule has 0 unspecified atom stereocenters. The Morgan fingerprint density at radius 3 is 0.690 bits per heavy atom. The minimum atomic E-state index is 0. The second-order valence-corrected chi connectivity index (χ2v) is 10.9. The van der Waals surface area contributed by atoms with E-state index in [1.165, 1.54) is 45.9 Å². The molecular weight excluding hydrogens is 701 g/mol. The first-order valence-electron chi connectivity index (χ1n) is 13.4. The molecule has 0 saturated heterocycles. The van der Waals surface area contributed by atoms with Crippen molar-refractivity contribution < 1.29 is 52.4 Å². The molecule has 0 bridgehead atoms. The Hall–Kier alpha value is 1.07. The summed E-state index contributed by atoms with van der Waals surface area (Å²) in [4.78, 5) is 0. The van der Waals surface area contributed by atoms with Crippen molar-refractivity contribution in [2.45, 2.75) is 55.4 Å². The molecule has 212 valence electrons. The minimum absolute atomic E-state index is 0. The summed E-state index contributed by atoms with van der Waals surface area (Å²) < 4.78 is 0. The van der Waals surface area contributed by atoms with Crippen LogP contribution >= 0.6 is 16.4 Å². The second kappa shape index (κ2) is 29.5. The van der Waals surface area contributed by atoms with E-state index in [4.69, 9.17) is 0 Å². The molecule has 0 nitrogen and oxygen atoms in total. The molecule has 4 aliphatic carbocycles. The fourth-order valence-corrected chi connectivity index (χ4v) is 4.13. The van der Waals surface area contributed by atoms with Crippen LogP contribution in [-0.4, -0.2) is 0 Å². The maximum Gasteiger partial charge on any atom is 0.0224 e. The average molecular weight is 743 g/mol. The maximum atomic E-state index is 3.02. The quantitative estimate of drug-likeness (QED) is 0.252. The van der Waals surface area contributed by atoms with Crippen LogP contribution in [0.5, 0.6) is 0 Å². The van der Waals surface area contributed by atoms with Crippen LogP contribution in [0.3, 0.4) is 0 Å². The standard InChI is InChI=1S/2C7H7P.4C6H7.2Zr/c2*1-6-3-4-8-5-7(6)2;4*1-6-4-2-3-5-6;;/h2*5H,1-2H3;4*2-5H,1H3;;. The molecule has 0 amide bonds. The van der Waals surface area contributed by atoms with Gasteiger partial charge >= 0.3 is 0 Å². The van der Waals surface area contributed by atoms with Gasteiger partial charge in [-0.25, -0.2) is 0 Å². The fourth-order valence-electron chi connectivity index (χ4n) is 2.76. The fraction of sp³-hybridized carbons (Fsp3) is 0.211. The number of aryl methyl sites for hydroxylation is 4. The van der Waals surface area contributed by atoms with E-state index in [2.05, 4.69) is 128 Å². The van der Waals surface area contributed by atoms with Gasteiger partial charge in [-0.2, -0.15) is 0 Å². The van der Waals surface area contributed by atoms with Crippen molar-refractivity contribution >= 4 is 16.4 Å². The monoisotopic (exact) mass is 740 g/mol. The van der Waals surface area contributed by atoms with E-state index < -0.39 is 0 Å². The minimum Gasteiger partial charge on any atom is -0.0665 e. The largest absolute Gasteiger partial charge is 0.0665 e. The topological polar surface area (TPSA) is 0 Å². The van der Waals surface area contributed by atoms with E-state index in [0.29, 0.717) is 0 Å². The third-order valence-corrected chi connectivity index (χ3v) is 7.15. The first-order chi connectivity index (χ1) is 19.2. The molecule has 0 spiro atoms. The van der Waals surface area contributed by atoms with Crippen molar-refractivity contribution in [3.8, 4) is 0 Å². The molecule has 2 heterocycles. The van der Waals surface area contributed by atoms with E-state index in [1.54, 1.807) is 0 Å². The number of hydrogen-bond donors (Lipinski definition) is 0. The molecule has 42 heavy (non-hydrogen) atoms. The molecule has 6 rings (SSSR count). The maximum absolute atomic E-state index is 3.02. The predicted molar refractivity (Wildman–Crippen MR) is 177 cm³/mol. The molecule has 0 aromatic carbocycles. The van der Waals surface area contributed by atoms with Gasteiger partial charge in [0.2, 0.25) is 0 Å². The number of rotatable bonds is 0. The van der Waals surface area contributed by atoms with Crippen molar-refractivity contribution in [2.24, 2.45) is 0 Å². The first-order valence-corrected chi connectivity index (χ1v) is 15.3. The Morgan fingerprint density at radius 1 is 0.381 bits per heavy atom. The zero-order valence-electron chi connectivity index (χ0n) is 26.3. The van der Waals surface area contributed by atoms with Gasteiger partial charge in [-0.15, -0.1) is 0 Å². The third-order valence-electron chi connectivity index (χ3n) is 5.63. The van der Waals surface area contributed by atoms with Crippen LogP contribution < -0.4 is 0 Å². The number of hydrogen-bond acceptors (Lipinski definition) is 0. The molecule has 24 radical (unpaired) electrons. The van der Waals surface area contributed by atoms with Gasteiger partial charge in [0.15, 0.2) is 0 Å². The van der Waals surface area contributed by atoms with Crippen molar-refractivity contribution in [3.63, 3.8) is 0 Å².